The number of aromatic nitrogens is 4. The number of hydrogen-bond acceptors (Lipinski definition) is 5. The van der Waals surface area contributed by atoms with Gasteiger partial charge in [0.2, 0.25) is 5.28 Å². The Hall–Kier alpha value is -1.40. The summed E-state index contributed by atoms with van der Waals surface area (Å²) in [5.41, 5.74) is 1.38. The number of hydrogen-bond donors (Lipinski definition) is 0. The molecule has 0 radical (unpaired) electrons. The van der Waals surface area contributed by atoms with E-state index in [0.29, 0.717) is 17.2 Å². The van der Waals surface area contributed by atoms with E-state index in [0.717, 1.165) is 43.6 Å². The van der Waals surface area contributed by atoms with Crippen LogP contribution in [0, 0.1) is 6.92 Å². The fraction of sp³-hybridized carbons (Fsp3) is 0.760. The van der Waals surface area contributed by atoms with Gasteiger partial charge in [-0.2, -0.15) is 4.98 Å². The van der Waals surface area contributed by atoms with Gasteiger partial charge in [-0.15, -0.1) is 0 Å². The largest absolute Gasteiger partial charge is 0.463 e. The Morgan fingerprint density at radius 3 is 2.06 bits per heavy atom. The molecule has 33 heavy (non-hydrogen) atoms. The number of esters is 1. The Labute approximate surface area is 209 Å². The van der Waals surface area contributed by atoms with Gasteiger partial charge >= 0.3 is 5.97 Å². The molecule has 0 N–H and O–H groups in total. The van der Waals surface area contributed by atoms with E-state index in [9.17, 15) is 4.79 Å². The first-order valence-corrected chi connectivity index (χ1v) is 13.3. The maximum absolute atomic E-state index is 10.9. The highest BCUT2D eigenvalue weighted by Crippen LogP contribution is 2.24. The second-order valence-corrected chi connectivity index (χ2v) is 9.43. The molecule has 0 atom stereocenters. The number of ether oxygens (including phenoxy) is 1. The lowest BCUT2D eigenvalue weighted by Crippen LogP contribution is -2.10. The maximum atomic E-state index is 10.9. The molecule has 0 spiro atoms. The van der Waals surface area contributed by atoms with E-state index in [1.165, 1.54) is 44.9 Å². The maximum Gasteiger partial charge on any atom is 0.306 e. The summed E-state index contributed by atoms with van der Waals surface area (Å²) in [6.45, 7) is 11.0. The minimum atomic E-state index is -0.0616. The lowest BCUT2D eigenvalue weighted by molar-refractivity contribution is -0.147. The zero-order valence-corrected chi connectivity index (χ0v) is 22.6. The summed E-state index contributed by atoms with van der Waals surface area (Å²) in [6, 6.07) is 0. The molecule has 8 heteroatoms. The molecule has 0 aliphatic rings. The first kappa shape index (κ1) is 29.6. The SMILES string of the molecule is CCCCCC(=O)OC(C)C.CCCCCCCCCCn1c(C)nc2nc(Cl)nc(Cl)c21. The molecule has 6 nitrogen and oxygen atoms in total. The van der Waals surface area contributed by atoms with Crippen LogP contribution in [-0.2, 0) is 16.1 Å². The predicted molar refractivity (Wildman–Crippen MR) is 138 cm³/mol. The molecule has 0 amide bonds. The average Bonchev–Trinajstić information content (AvgIpc) is 3.05. The van der Waals surface area contributed by atoms with Crippen LogP contribution in [-0.4, -0.2) is 31.6 Å². The third kappa shape index (κ3) is 12.0. The van der Waals surface area contributed by atoms with Crippen LogP contribution in [0.1, 0.15) is 111 Å². The van der Waals surface area contributed by atoms with Crippen LogP contribution in [0.3, 0.4) is 0 Å². The molecule has 0 unspecified atom stereocenters. The summed E-state index contributed by atoms with van der Waals surface area (Å²) < 4.78 is 7.06. The number of halogens is 2. The van der Waals surface area contributed by atoms with Crippen molar-refractivity contribution in [3.63, 3.8) is 0 Å². The highest BCUT2D eigenvalue weighted by molar-refractivity contribution is 6.35. The van der Waals surface area contributed by atoms with Gasteiger partial charge in [0.15, 0.2) is 10.8 Å². The van der Waals surface area contributed by atoms with Gasteiger partial charge in [-0.3, -0.25) is 4.79 Å². The van der Waals surface area contributed by atoms with E-state index in [-0.39, 0.29) is 17.4 Å². The molecule has 2 aromatic rings. The van der Waals surface area contributed by atoms with E-state index in [4.69, 9.17) is 27.9 Å². The van der Waals surface area contributed by atoms with Crippen molar-refractivity contribution in [2.45, 2.75) is 124 Å². The molecule has 2 heterocycles. The first-order chi connectivity index (χ1) is 15.8. The summed E-state index contributed by atoms with van der Waals surface area (Å²) in [4.78, 5) is 23.5. The lowest BCUT2D eigenvalue weighted by Gasteiger charge is -2.07. The van der Waals surface area contributed by atoms with Gasteiger partial charge in [0.05, 0.1) is 6.10 Å². The van der Waals surface area contributed by atoms with Crippen molar-refractivity contribution in [2.75, 3.05) is 0 Å². The zero-order chi connectivity index (χ0) is 24.6. The monoisotopic (exact) mass is 500 g/mol. The molecule has 0 fully saturated rings. The number of fused-ring (bicyclic) bond motifs is 1. The number of imidazole rings is 1. The minimum Gasteiger partial charge on any atom is -0.463 e. The summed E-state index contributed by atoms with van der Waals surface area (Å²) in [7, 11) is 0. The van der Waals surface area contributed by atoms with Crippen LogP contribution >= 0.6 is 23.2 Å². The number of carbonyl (C=O) groups is 1. The molecule has 0 saturated heterocycles. The molecular weight excluding hydrogens is 459 g/mol. The standard InChI is InChI=1S/C16H24Cl2N4.C9H18O2/c1-3-4-5-6-7-8-9-10-11-22-12(2)19-15-13(22)14(17)20-16(18)21-15;1-4-5-6-7-9(10)11-8(2)3/h3-11H2,1-2H3;8H,4-7H2,1-3H3. The molecule has 0 bridgehead atoms. The van der Waals surface area contributed by atoms with Gasteiger partial charge in [0.1, 0.15) is 11.3 Å². The van der Waals surface area contributed by atoms with Crippen LogP contribution in [0.2, 0.25) is 10.4 Å². The summed E-state index contributed by atoms with van der Waals surface area (Å²) >= 11 is 12.0. The average molecular weight is 502 g/mol. The van der Waals surface area contributed by atoms with E-state index < -0.39 is 0 Å². The van der Waals surface area contributed by atoms with E-state index in [1.54, 1.807) is 0 Å². The van der Waals surface area contributed by atoms with Crippen LogP contribution in [0.5, 0.6) is 0 Å². The summed E-state index contributed by atoms with van der Waals surface area (Å²) in [5.74, 6) is 0.852. The van der Waals surface area contributed by atoms with Crippen molar-refractivity contribution < 1.29 is 9.53 Å². The van der Waals surface area contributed by atoms with Gasteiger partial charge in [-0.05, 0) is 45.2 Å². The number of rotatable bonds is 14. The van der Waals surface area contributed by atoms with Gasteiger partial charge in [0.25, 0.3) is 0 Å². The van der Waals surface area contributed by atoms with Crippen molar-refractivity contribution in [1.29, 1.82) is 0 Å². The Morgan fingerprint density at radius 1 is 0.879 bits per heavy atom. The molecule has 0 aromatic carbocycles. The fourth-order valence-electron chi connectivity index (χ4n) is 3.60. The van der Waals surface area contributed by atoms with Gasteiger partial charge < -0.3 is 9.30 Å². The molecular formula is C25H42Cl2N4O2. The van der Waals surface area contributed by atoms with Crippen molar-refractivity contribution >= 4 is 40.3 Å². The number of aryl methyl sites for hydroxylation is 2. The van der Waals surface area contributed by atoms with Crippen molar-refractivity contribution in [3.8, 4) is 0 Å². The normalized spacial score (nSPS) is 11.0. The van der Waals surface area contributed by atoms with E-state index in [1.807, 2.05) is 20.8 Å². The highest BCUT2D eigenvalue weighted by atomic mass is 35.5. The van der Waals surface area contributed by atoms with E-state index in [2.05, 4.69) is 33.4 Å². The van der Waals surface area contributed by atoms with E-state index >= 15 is 0 Å². The third-order valence-electron chi connectivity index (χ3n) is 5.31. The molecule has 0 saturated carbocycles. The fourth-order valence-corrected chi connectivity index (χ4v) is 4.07. The second-order valence-electron chi connectivity index (χ2n) is 8.74. The Balaban J connectivity index is 0.000000420. The third-order valence-corrected chi connectivity index (χ3v) is 5.74. The Morgan fingerprint density at radius 2 is 1.45 bits per heavy atom. The van der Waals surface area contributed by atoms with Crippen LogP contribution in [0.4, 0.5) is 0 Å². The molecule has 2 rings (SSSR count). The number of nitrogens with zero attached hydrogens (tertiary/aromatic N) is 4. The summed E-state index contributed by atoms with van der Waals surface area (Å²) in [6.07, 6.45) is 14.2. The van der Waals surface area contributed by atoms with Gasteiger partial charge in [-0.25, -0.2) is 9.97 Å². The topological polar surface area (TPSA) is 69.9 Å². The minimum absolute atomic E-state index is 0.0316. The molecule has 188 valence electrons. The Bertz CT molecular complexity index is 824. The van der Waals surface area contributed by atoms with Crippen LogP contribution in [0.15, 0.2) is 0 Å². The van der Waals surface area contributed by atoms with Gasteiger partial charge in [0, 0.05) is 13.0 Å². The molecule has 2 aromatic heterocycles. The Kier molecular flexibility index (Phi) is 15.4. The highest BCUT2D eigenvalue weighted by Gasteiger charge is 2.14. The first-order valence-electron chi connectivity index (χ1n) is 12.5. The number of carbonyl (C=O) groups excluding carboxylic acids is 1. The van der Waals surface area contributed by atoms with Crippen molar-refractivity contribution in [1.82, 2.24) is 19.5 Å². The molecule has 0 aliphatic heterocycles. The van der Waals surface area contributed by atoms with Crippen molar-refractivity contribution in [2.24, 2.45) is 0 Å². The lowest BCUT2D eigenvalue weighted by atomic mass is 10.1. The van der Waals surface area contributed by atoms with Crippen molar-refractivity contribution in [3.05, 3.63) is 16.3 Å². The summed E-state index contributed by atoms with van der Waals surface area (Å²) in [5, 5.41) is 0.532. The second kappa shape index (κ2) is 17.1. The van der Waals surface area contributed by atoms with Crippen LogP contribution in [0.25, 0.3) is 11.2 Å². The van der Waals surface area contributed by atoms with Gasteiger partial charge in [-0.1, -0.05) is 83.2 Å². The quantitative estimate of drug-likeness (QED) is 0.113. The zero-order valence-electron chi connectivity index (χ0n) is 21.1. The number of unbranched alkanes of at least 4 members (excludes halogenated alkanes) is 9. The predicted octanol–water partition coefficient (Wildman–Crippen LogP) is 8.10. The van der Waals surface area contributed by atoms with Crippen LogP contribution < -0.4 is 0 Å². The smallest absolute Gasteiger partial charge is 0.306 e. The molecule has 0 aliphatic carbocycles.